The monoisotopic (exact) mass is 212 g/mol. The zero-order chi connectivity index (χ0) is 10.8. The molecule has 2 bridgehead atoms. The largest absolute Gasteiger partial charge is 0.391 e. The third-order valence-electron chi connectivity index (χ3n) is 4.11. The average Bonchev–Trinajstić information content (AvgIpc) is 2.30. The Labute approximate surface area is 93.1 Å². The molecule has 3 fully saturated rings. The van der Waals surface area contributed by atoms with Crippen molar-refractivity contribution in [3.8, 4) is 0 Å². The summed E-state index contributed by atoms with van der Waals surface area (Å²) >= 11 is 0. The van der Waals surface area contributed by atoms with Crippen molar-refractivity contribution < 1.29 is 5.11 Å². The fourth-order valence-corrected chi connectivity index (χ4v) is 2.76. The molecule has 0 saturated carbocycles. The molecule has 3 saturated heterocycles. The summed E-state index contributed by atoms with van der Waals surface area (Å²) in [6.45, 7) is 10.2. The molecule has 88 valence electrons. The highest BCUT2D eigenvalue weighted by atomic mass is 16.3. The van der Waals surface area contributed by atoms with Gasteiger partial charge in [-0.15, -0.1) is 0 Å². The molecule has 0 aromatic rings. The number of aliphatic hydroxyl groups is 1. The smallest absolute Gasteiger partial charge is 0.0710 e. The molecule has 3 aliphatic rings. The first-order valence-corrected chi connectivity index (χ1v) is 6.35. The van der Waals surface area contributed by atoms with E-state index in [0.717, 1.165) is 26.1 Å². The van der Waals surface area contributed by atoms with Crippen LogP contribution in [0, 0.1) is 5.92 Å². The van der Waals surface area contributed by atoms with Gasteiger partial charge < -0.3 is 5.11 Å². The predicted molar refractivity (Wildman–Crippen MR) is 61.9 cm³/mol. The second kappa shape index (κ2) is 4.81. The lowest BCUT2D eigenvalue weighted by atomic mass is 9.93. The van der Waals surface area contributed by atoms with Crippen LogP contribution in [-0.4, -0.2) is 59.8 Å². The van der Waals surface area contributed by atoms with Crippen molar-refractivity contribution >= 4 is 0 Å². The lowest BCUT2D eigenvalue weighted by molar-refractivity contribution is -0.0519. The molecule has 0 aliphatic carbocycles. The first-order valence-electron chi connectivity index (χ1n) is 6.35. The summed E-state index contributed by atoms with van der Waals surface area (Å²) in [5, 5.41) is 10.2. The Bertz CT molecular complexity index is 202. The molecule has 0 radical (unpaired) electrons. The number of fused-ring (bicyclic) bond motifs is 3. The number of rotatable bonds is 4. The number of hydrogen-bond donors (Lipinski definition) is 1. The maximum absolute atomic E-state index is 10.2. The van der Waals surface area contributed by atoms with Gasteiger partial charge in [-0.3, -0.25) is 9.80 Å². The van der Waals surface area contributed by atoms with E-state index in [1.807, 2.05) is 0 Å². The van der Waals surface area contributed by atoms with Crippen molar-refractivity contribution in [2.24, 2.45) is 5.92 Å². The molecular formula is C12H24N2O. The minimum Gasteiger partial charge on any atom is -0.391 e. The zero-order valence-corrected chi connectivity index (χ0v) is 10.0. The van der Waals surface area contributed by atoms with E-state index in [0.29, 0.717) is 12.0 Å². The van der Waals surface area contributed by atoms with Crippen molar-refractivity contribution in [1.29, 1.82) is 0 Å². The van der Waals surface area contributed by atoms with Gasteiger partial charge >= 0.3 is 0 Å². The van der Waals surface area contributed by atoms with E-state index in [1.54, 1.807) is 0 Å². The van der Waals surface area contributed by atoms with Crippen LogP contribution in [0.3, 0.4) is 0 Å². The Morgan fingerprint density at radius 1 is 1.27 bits per heavy atom. The van der Waals surface area contributed by atoms with Crippen molar-refractivity contribution in [2.45, 2.75) is 38.8 Å². The first kappa shape index (κ1) is 11.4. The van der Waals surface area contributed by atoms with Gasteiger partial charge in [0.15, 0.2) is 0 Å². The van der Waals surface area contributed by atoms with E-state index in [2.05, 4.69) is 23.6 Å². The quantitative estimate of drug-likeness (QED) is 0.746. The van der Waals surface area contributed by atoms with Gasteiger partial charge in [-0.2, -0.15) is 0 Å². The summed E-state index contributed by atoms with van der Waals surface area (Å²) in [7, 11) is 0. The molecular weight excluding hydrogens is 188 g/mol. The van der Waals surface area contributed by atoms with Crippen LogP contribution in [0.4, 0.5) is 0 Å². The molecule has 0 amide bonds. The van der Waals surface area contributed by atoms with E-state index in [9.17, 15) is 5.11 Å². The molecule has 3 aliphatic heterocycles. The standard InChI is InChI=1S/C12H24N2O/c1-3-10(2)8-12(15)11-9-13-4-6-14(11)7-5-13/h10-12,15H,3-9H2,1-2H3. The second-order valence-corrected chi connectivity index (χ2v) is 5.22. The number of aliphatic hydroxyl groups excluding tert-OH is 1. The molecule has 0 spiro atoms. The van der Waals surface area contributed by atoms with E-state index in [1.165, 1.54) is 19.5 Å². The molecule has 3 atom stereocenters. The lowest BCUT2D eigenvalue weighted by Gasteiger charge is -2.49. The van der Waals surface area contributed by atoms with Crippen molar-refractivity contribution in [3.05, 3.63) is 0 Å². The van der Waals surface area contributed by atoms with Crippen LogP contribution in [0.1, 0.15) is 26.7 Å². The summed E-state index contributed by atoms with van der Waals surface area (Å²) < 4.78 is 0. The maximum atomic E-state index is 10.2. The van der Waals surface area contributed by atoms with Crippen LogP contribution in [-0.2, 0) is 0 Å². The van der Waals surface area contributed by atoms with Crippen LogP contribution < -0.4 is 0 Å². The molecule has 0 aromatic carbocycles. The molecule has 1 N–H and O–H groups in total. The minimum atomic E-state index is -0.122. The van der Waals surface area contributed by atoms with E-state index < -0.39 is 0 Å². The van der Waals surface area contributed by atoms with Gasteiger partial charge in [-0.05, 0) is 12.3 Å². The lowest BCUT2D eigenvalue weighted by Crippen LogP contribution is -2.64. The van der Waals surface area contributed by atoms with Crippen LogP contribution in [0.2, 0.25) is 0 Å². The van der Waals surface area contributed by atoms with Gasteiger partial charge in [-0.25, -0.2) is 0 Å². The highest BCUT2D eigenvalue weighted by molar-refractivity contribution is 4.92. The Kier molecular flexibility index (Phi) is 3.65. The van der Waals surface area contributed by atoms with Crippen LogP contribution in [0.5, 0.6) is 0 Å². The summed E-state index contributed by atoms with van der Waals surface area (Å²) in [5.74, 6) is 0.650. The number of hydrogen-bond acceptors (Lipinski definition) is 3. The number of nitrogens with zero attached hydrogens (tertiary/aromatic N) is 2. The summed E-state index contributed by atoms with van der Waals surface area (Å²) in [5.41, 5.74) is 0. The highest BCUT2D eigenvalue weighted by Crippen LogP contribution is 2.22. The average molecular weight is 212 g/mol. The Balaban J connectivity index is 1.87. The SMILES string of the molecule is CCC(C)CC(O)C1CN2CCN1CC2. The van der Waals surface area contributed by atoms with Gasteiger partial charge in [-0.1, -0.05) is 20.3 Å². The Morgan fingerprint density at radius 3 is 2.40 bits per heavy atom. The van der Waals surface area contributed by atoms with E-state index >= 15 is 0 Å². The van der Waals surface area contributed by atoms with Crippen LogP contribution >= 0.6 is 0 Å². The topological polar surface area (TPSA) is 26.7 Å². The molecule has 3 nitrogen and oxygen atoms in total. The Morgan fingerprint density at radius 2 is 1.93 bits per heavy atom. The van der Waals surface area contributed by atoms with E-state index in [-0.39, 0.29) is 6.10 Å². The van der Waals surface area contributed by atoms with Gasteiger partial charge in [0.2, 0.25) is 0 Å². The fraction of sp³-hybridized carbons (Fsp3) is 1.00. The van der Waals surface area contributed by atoms with Crippen LogP contribution in [0.25, 0.3) is 0 Å². The summed E-state index contributed by atoms with van der Waals surface area (Å²) in [6.07, 6.45) is 2.02. The third-order valence-corrected chi connectivity index (χ3v) is 4.11. The second-order valence-electron chi connectivity index (χ2n) is 5.22. The molecule has 3 unspecified atom stereocenters. The summed E-state index contributed by atoms with van der Waals surface area (Å²) in [6, 6.07) is 0.404. The van der Waals surface area contributed by atoms with Crippen LogP contribution in [0.15, 0.2) is 0 Å². The Hall–Kier alpha value is -0.120. The first-order chi connectivity index (χ1) is 7.20. The molecule has 3 heterocycles. The third kappa shape index (κ3) is 2.52. The predicted octanol–water partition coefficient (Wildman–Crippen LogP) is 0.783. The van der Waals surface area contributed by atoms with Gasteiger partial charge in [0.25, 0.3) is 0 Å². The number of piperazine rings is 3. The normalized spacial score (nSPS) is 39.0. The summed E-state index contributed by atoms with van der Waals surface area (Å²) in [4.78, 5) is 4.97. The highest BCUT2D eigenvalue weighted by Gasteiger charge is 2.36. The van der Waals surface area contributed by atoms with Gasteiger partial charge in [0.1, 0.15) is 0 Å². The van der Waals surface area contributed by atoms with Crippen molar-refractivity contribution in [1.82, 2.24) is 9.80 Å². The molecule has 0 aromatic heterocycles. The fourth-order valence-electron chi connectivity index (χ4n) is 2.76. The molecule has 15 heavy (non-hydrogen) atoms. The molecule has 3 heteroatoms. The minimum absolute atomic E-state index is 0.122. The van der Waals surface area contributed by atoms with Gasteiger partial charge in [0, 0.05) is 38.8 Å². The van der Waals surface area contributed by atoms with Crippen molar-refractivity contribution in [3.63, 3.8) is 0 Å². The zero-order valence-electron chi connectivity index (χ0n) is 10.0. The van der Waals surface area contributed by atoms with Gasteiger partial charge in [0.05, 0.1) is 6.10 Å². The van der Waals surface area contributed by atoms with E-state index in [4.69, 9.17) is 0 Å². The molecule has 3 rings (SSSR count). The van der Waals surface area contributed by atoms with Crippen molar-refractivity contribution in [2.75, 3.05) is 32.7 Å². The maximum Gasteiger partial charge on any atom is 0.0710 e.